The number of carbonyl (C=O) groups excluding carboxylic acids is 1. The molecule has 2 aromatic rings. The summed E-state index contributed by atoms with van der Waals surface area (Å²) < 4.78 is 8.12. The zero-order valence-electron chi connectivity index (χ0n) is 14.9. The molecule has 1 saturated heterocycles. The lowest BCUT2D eigenvalue weighted by atomic mass is 9.91. The Labute approximate surface area is 153 Å². The molecule has 0 bridgehead atoms. The molecule has 1 unspecified atom stereocenters. The Morgan fingerprint density at radius 3 is 3.04 bits per heavy atom. The number of aromatic nitrogens is 3. The van der Waals surface area contributed by atoms with Crippen LogP contribution in [-0.2, 0) is 11.3 Å². The Morgan fingerprint density at radius 2 is 2.15 bits per heavy atom. The van der Waals surface area contributed by atoms with E-state index in [2.05, 4.69) is 28.3 Å². The molecule has 26 heavy (non-hydrogen) atoms. The van der Waals surface area contributed by atoms with Crippen LogP contribution in [0, 0.1) is 0 Å². The standard InChI is InChI=1S/C20H24N4O2/c25-19(7-3-13-24-16-21-15-22-24)23-12-4-9-20(11-14-23)10-8-17-5-1-2-6-18(17)26-20/h1-2,5-6,8,10,15-16H,3-4,7,9,11-14H2. The summed E-state index contributed by atoms with van der Waals surface area (Å²) in [5.41, 5.74) is 0.854. The van der Waals surface area contributed by atoms with Crippen LogP contribution in [0.25, 0.3) is 6.08 Å². The van der Waals surface area contributed by atoms with Crippen LogP contribution in [0.2, 0.25) is 0 Å². The molecule has 0 aliphatic carbocycles. The number of carbonyl (C=O) groups is 1. The van der Waals surface area contributed by atoms with Gasteiger partial charge in [0.1, 0.15) is 24.0 Å². The Hall–Kier alpha value is -2.63. The number of hydrogen-bond acceptors (Lipinski definition) is 4. The quantitative estimate of drug-likeness (QED) is 0.849. The lowest BCUT2D eigenvalue weighted by molar-refractivity contribution is -0.131. The minimum absolute atomic E-state index is 0.224. The maximum Gasteiger partial charge on any atom is 0.222 e. The van der Waals surface area contributed by atoms with Crippen molar-refractivity contribution in [1.29, 1.82) is 0 Å². The molecule has 1 fully saturated rings. The van der Waals surface area contributed by atoms with E-state index in [0.29, 0.717) is 6.42 Å². The lowest BCUT2D eigenvalue weighted by Crippen LogP contribution is -2.38. The first-order valence-electron chi connectivity index (χ1n) is 9.32. The first-order chi connectivity index (χ1) is 12.7. The Morgan fingerprint density at radius 1 is 1.23 bits per heavy atom. The van der Waals surface area contributed by atoms with Gasteiger partial charge in [-0.3, -0.25) is 9.48 Å². The minimum Gasteiger partial charge on any atom is -0.483 e. The number of amides is 1. The second-order valence-electron chi connectivity index (χ2n) is 7.03. The lowest BCUT2D eigenvalue weighted by Gasteiger charge is -2.34. The highest BCUT2D eigenvalue weighted by Gasteiger charge is 2.35. The van der Waals surface area contributed by atoms with Crippen LogP contribution in [-0.4, -0.2) is 44.3 Å². The summed E-state index contributed by atoms with van der Waals surface area (Å²) in [5, 5.41) is 4.07. The minimum atomic E-state index is -0.274. The highest BCUT2D eigenvalue weighted by Crippen LogP contribution is 2.36. The number of likely N-dealkylation sites (tertiary alicyclic amines) is 1. The molecule has 1 atom stereocenters. The van der Waals surface area contributed by atoms with E-state index in [9.17, 15) is 4.79 Å². The summed E-state index contributed by atoms with van der Waals surface area (Å²) in [6.45, 7) is 2.28. The van der Waals surface area contributed by atoms with Gasteiger partial charge in [-0.15, -0.1) is 0 Å². The molecule has 2 aliphatic heterocycles. The summed E-state index contributed by atoms with van der Waals surface area (Å²) in [5.74, 6) is 1.17. The number of fused-ring (bicyclic) bond motifs is 1. The van der Waals surface area contributed by atoms with Crippen molar-refractivity contribution in [3.05, 3.63) is 48.6 Å². The molecule has 4 rings (SSSR count). The predicted octanol–water partition coefficient (Wildman–Crippen LogP) is 2.92. The van der Waals surface area contributed by atoms with E-state index in [4.69, 9.17) is 4.74 Å². The van der Waals surface area contributed by atoms with Crippen LogP contribution in [0.3, 0.4) is 0 Å². The Bertz CT molecular complexity index is 787. The van der Waals surface area contributed by atoms with Gasteiger partial charge in [0.25, 0.3) is 0 Å². The molecule has 2 aliphatic rings. The average Bonchev–Trinajstić information content (AvgIpc) is 3.09. The summed E-state index contributed by atoms with van der Waals surface area (Å²) in [6, 6.07) is 8.13. The zero-order valence-corrected chi connectivity index (χ0v) is 14.9. The molecular formula is C20H24N4O2. The van der Waals surface area contributed by atoms with Crippen molar-refractivity contribution >= 4 is 12.0 Å². The van der Waals surface area contributed by atoms with E-state index in [1.807, 2.05) is 23.1 Å². The molecular weight excluding hydrogens is 328 g/mol. The Balaban J connectivity index is 1.33. The van der Waals surface area contributed by atoms with Gasteiger partial charge in [-0.2, -0.15) is 5.10 Å². The van der Waals surface area contributed by atoms with Crippen molar-refractivity contribution < 1.29 is 9.53 Å². The van der Waals surface area contributed by atoms with Gasteiger partial charge in [0.05, 0.1) is 0 Å². The third-order valence-corrected chi connectivity index (χ3v) is 5.23. The third-order valence-electron chi connectivity index (χ3n) is 5.23. The average molecular weight is 352 g/mol. The summed E-state index contributed by atoms with van der Waals surface area (Å²) in [6.07, 6.45) is 11.6. The SMILES string of the molecule is O=C(CCCn1cncn1)N1CCCC2(C=Cc3ccccc3O2)CC1. The number of benzene rings is 1. The van der Waals surface area contributed by atoms with Gasteiger partial charge in [0.2, 0.25) is 5.91 Å². The molecule has 0 radical (unpaired) electrons. The topological polar surface area (TPSA) is 60.2 Å². The normalized spacial score (nSPS) is 21.9. The molecule has 1 aromatic heterocycles. The Kier molecular flexibility index (Phi) is 4.73. The van der Waals surface area contributed by atoms with Crippen molar-refractivity contribution in [2.24, 2.45) is 0 Å². The van der Waals surface area contributed by atoms with Crippen LogP contribution in [0.1, 0.15) is 37.7 Å². The van der Waals surface area contributed by atoms with Gasteiger partial charge in [-0.05, 0) is 31.4 Å². The van der Waals surface area contributed by atoms with Gasteiger partial charge < -0.3 is 9.64 Å². The molecule has 3 heterocycles. The molecule has 1 amide bonds. The van der Waals surface area contributed by atoms with Crippen molar-refractivity contribution in [3.8, 4) is 5.75 Å². The van der Waals surface area contributed by atoms with E-state index >= 15 is 0 Å². The van der Waals surface area contributed by atoms with Crippen molar-refractivity contribution in [1.82, 2.24) is 19.7 Å². The molecule has 136 valence electrons. The van der Waals surface area contributed by atoms with Gasteiger partial charge in [-0.25, -0.2) is 4.98 Å². The number of para-hydroxylation sites is 1. The fraction of sp³-hybridized carbons (Fsp3) is 0.450. The maximum atomic E-state index is 12.6. The highest BCUT2D eigenvalue weighted by molar-refractivity contribution is 5.76. The number of rotatable bonds is 4. The molecule has 1 aromatic carbocycles. The smallest absolute Gasteiger partial charge is 0.222 e. The van der Waals surface area contributed by atoms with E-state index in [0.717, 1.165) is 56.6 Å². The number of hydrogen-bond donors (Lipinski definition) is 0. The van der Waals surface area contributed by atoms with Crippen LogP contribution < -0.4 is 4.74 Å². The number of nitrogens with zero attached hydrogens (tertiary/aromatic N) is 4. The molecule has 0 N–H and O–H groups in total. The summed E-state index contributed by atoms with van der Waals surface area (Å²) >= 11 is 0. The highest BCUT2D eigenvalue weighted by atomic mass is 16.5. The maximum absolute atomic E-state index is 12.6. The van der Waals surface area contributed by atoms with Crippen molar-refractivity contribution in [3.63, 3.8) is 0 Å². The first-order valence-corrected chi connectivity index (χ1v) is 9.32. The number of ether oxygens (including phenoxy) is 1. The largest absolute Gasteiger partial charge is 0.483 e. The number of aryl methyl sites for hydroxylation is 1. The summed E-state index contributed by atoms with van der Waals surface area (Å²) in [7, 11) is 0. The molecule has 6 nitrogen and oxygen atoms in total. The van der Waals surface area contributed by atoms with Crippen LogP contribution in [0.15, 0.2) is 43.0 Å². The second-order valence-corrected chi connectivity index (χ2v) is 7.03. The van der Waals surface area contributed by atoms with Crippen LogP contribution in [0.5, 0.6) is 5.75 Å². The fourth-order valence-electron chi connectivity index (χ4n) is 3.75. The van der Waals surface area contributed by atoms with Crippen LogP contribution >= 0.6 is 0 Å². The zero-order chi connectivity index (χ0) is 17.8. The van der Waals surface area contributed by atoms with Gasteiger partial charge in [0.15, 0.2) is 0 Å². The predicted molar refractivity (Wildman–Crippen MR) is 98.5 cm³/mol. The van der Waals surface area contributed by atoms with Gasteiger partial charge >= 0.3 is 0 Å². The molecule has 0 saturated carbocycles. The van der Waals surface area contributed by atoms with Gasteiger partial charge in [0, 0.05) is 38.0 Å². The van der Waals surface area contributed by atoms with E-state index < -0.39 is 0 Å². The molecule has 6 heteroatoms. The van der Waals surface area contributed by atoms with E-state index in [-0.39, 0.29) is 11.5 Å². The first kappa shape index (κ1) is 16.8. The molecule has 1 spiro atoms. The second kappa shape index (κ2) is 7.32. The fourth-order valence-corrected chi connectivity index (χ4v) is 3.75. The summed E-state index contributed by atoms with van der Waals surface area (Å²) in [4.78, 5) is 18.5. The van der Waals surface area contributed by atoms with Crippen molar-refractivity contribution in [2.75, 3.05) is 13.1 Å². The monoisotopic (exact) mass is 352 g/mol. The van der Waals surface area contributed by atoms with Gasteiger partial charge in [-0.1, -0.05) is 24.3 Å². The van der Waals surface area contributed by atoms with E-state index in [1.54, 1.807) is 11.0 Å². The van der Waals surface area contributed by atoms with Crippen LogP contribution in [0.4, 0.5) is 0 Å². The van der Waals surface area contributed by atoms with Crippen molar-refractivity contribution in [2.45, 2.75) is 44.2 Å². The van der Waals surface area contributed by atoms with E-state index in [1.165, 1.54) is 6.33 Å². The third kappa shape index (κ3) is 3.64.